The molecule has 0 unspecified atom stereocenters. The minimum atomic E-state index is -5.65. The summed E-state index contributed by atoms with van der Waals surface area (Å²) in [6.45, 7) is 0. The van der Waals surface area contributed by atoms with Crippen LogP contribution < -0.4 is 0 Å². The van der Waals surface area contributed by atoms with Gasteiger partial charge >= 0.3 is 17.6 Å². The Hall–Kier alpha value is -2.33. The fourth-order valence-corrected chi connectivity index (χ4v) is 1.22. The molecule has 0 radical (unpaired) electrons. The first kappa shape index (κ1) is 13.7. The van der Waals surface area contributed by atoms with Crippen molar-refractivity contribution in [3.05, 3.63) is 43.5 Å². The van der Waals surface area contributed by atoms with Gasteiger partial charge in [-0.2, -0.15) is 22.0 Å². The molecule has 1 aromatic carbocycles. The number of nitro groups is 2. The number of halogens is 5. The first-order chi connectivity index (χ1) is 8.07. The van der Waals surface area contributed by atoms with Crippen LogP contribution in [-0.4, -0.2) is 9.85 Å². The second-order valence-electron chi connectivity index (χ2n) is 2.92. The molecule has 98 valence electrons. The van der Waals surface area contributed by atoms with E-state index in [0.717, 1.165) is 0 Å². The lowest BCUT2D eigenvalue weighted by molar-refractivity contribution is -0.403. The third-order valence-corrected chi connectivity index (χ3v) is 1.83. The van der Waals surface area contributed by atoms with Gasteiger partial charge in [0.1, 0.15) is 0 Å². The second kappa shape index (κ2) is 4.16. The Morgan fingerprint density at radius 3 is 1.50 bits per heavy atom. The highest BCUT2D eigenvalue weighted by Gasteiger charge is 2.49. The van der Waals surface area contributed by atoms with Crippen molar-refractivity contribution in [2.24, 2.45) is 0 Å². The molecule has 1 aromatic rings. The zero-order valence-corrected chi connectivity index (χ0v) is 7.99. The Labute approximate surface area is 93.9 Å². The smallest absolute Gasteiger partial charge is 0.258 e. The van der Waals surface area contributed by atoms with Gasteiger partial charge in [0.05, 0.1) is 9.85 Å². The van der Waals surface area contributed by atoms with E-state index in [4.69, 9.17) is 0 Å². The van der Waals surface area contributed by atoms with Crippen LogP contribution in [-0.2, 0) is 6.18 Å². The van der Waals surface area contributed by atoms with Gasteiger partial charge in [0.15, 0.2) is 0 Å². The molecule has 0 amide bonds. The van der Waals surface area contributed by atoms with E-state index in [1.54, 1.807) is 0 Å². The molecule has 0 saturated heterocycles. The summed E-state index contributed by atoms with van der Waals surface area (Å²) in [6, 6.07) is -0.342. The van der Waals surface area contributed by atoms with E-state index in [-0.39, 0.29) is 6.07 Å². The Morgan fingerprint density at radius 1 is 0.944 bits per heavy atom. The van der Waals surface area contributed by atoms with Crippen molar-refractivity contribution in [2.75, 3.05) is 0 Å². The summed E-state index contributed by atoms with van der Waals surface area (Å²) in [6.07, 6.45) is -5.65. The summed E-state index contributed by atoms with van der Waals surface area (Å²) in [7, 11) is 0. The molecule has 0 atom stereocenters. The Balaban J connectivity index is 3.89. The quantitative estimate of drug-likeness (QED) is 0.470. The van der Waals surface area contributed by atoms with Crippen LogP contribution in [0.25, 0.3) is 0 Å². The first-order valence-corrected chi connectivity index (χ1v) is 3.95. The van der Waals surface area contributed by atoms with E-state index in [1.165, 1.54) is 0 Å². The maximum atomic E-state index is 12.9. The monoisotopic (exact) mass is 272 g/mol. The summed E-state index contributed by atoms with van der Waals surface area (Å²) in [5.41, 5.74) is -6.93. The molecule has 0 spiro atoms. The SMILES string of the molecule is O=[N+]([O-])c1c(F)cc(F)c([N+](=O)[O-])c1C(F)(F)F. The van der Waals surface area contributed by atoms with Crippen molar-refractivity contribution in [3.8, 4) is 0 Å². The predicted molar refractivity (Wildman–Crippen MR) is 44.7 cm³/mol. The van der Waals surface area contributed by atoms with Gasteiger partial charge in [0.25, 0.3) is 0 Å². The Kier molecular flexibility index (Phi) is 3.17. The summed E-state index contributed by atoms with van der Waals surface area (Å²) >= 11 is 0. The van der Waals surface area contributed by atoms with E-state index in [2.05, 4.69) is 0 Å². The van der Waals surface area contributed by atoms with Gasteiger partial charge in [-0.3, -0.25) is 20.2 Å². The van der Waals surface area contributed by atoms with E-state index >= 15 is 0 Å². The van der Waals surface area contributed by atoms with Crippen LogP contribution in [0.4, 0.5) is 33.3 Å². The van der Waals surface area contributed by atoms with Crippen LogP contribution in [0.2, 0.25) is 0 Å². The number of nitrogens with zero attached hydrogens (tertiary/aromatic N) is 2. The number of alkyl halides is 3. The van der Waals surface area contributed by atoms with Gasteiger partial charge < -0.3 is 0 Å². The van der Waals surface area contributed by atoms with Crippen LogP contribution in [0.5, 0.6) is 0 Å². The Morgan fingerprint density at radius 2 is 1.28 bits per heavy atom. The largest absolute Gasteiger partial charge is 0.429 e. The van der Waals surface area contributed by atoms with Crippen LogP contribution in [0.15, 0.2) is 6.07 Å². The van der Waals surface area contributed by atoms with Crippen molar-refractivity contribution in [1.82, 2.24) is 0 Å². The van der Waals surface area contributed by atoms with Crippen molar-refractivity contribution in [2.45, 2.75) is 6.18 Å². The lowest BCUT2D eigenvalue weighted by Crippen LogP contribution is -2.15. The molecular formula is C7HF5N2O4. The van der Waals surface area contributed by atoms with E-state index in [1.807, 2.05) is 0 Å². The molecule has 6 nitrogen and oxygen atoms in total. The molecule has 0 aliphatic rings. The molecule has 0 fully saturated rings. The number of benzene rings is 1. The number of nitro benzene ring substituents is 2. The minimum absolute atomic E-state index is 0.342. The normalized spacial score (nSPS) is 11.4. The predicted octanol–water partition coefficient (Wildman–Crippen LogP) is 2.80. The molecular weight excluding hydrogens is 271 g/mol. The summed E-state index contributed by atoms with van der Waals surface area (Å²) in [5.74, 6) is -4.29. The maximum absolute atomic E-state index is 12.9. The lowest BCUT2D eigenvalue weighted by atomic mass is 10.1. The highest BCUT2D eigenvalue weighted by atomic mass is 19.4. The highest BCUT2D eigenvalue weighted by molar-refractivity contribution is 5.57. The Bertz CT molecular complexity index is 503. The van der Waals surface area contributed by atoms with Crippen molar-refractivity contribution in [3.63, 3.8) is 0 Å². The molecule has 0 bridgehead atoms. The summed E-state index contributed by atoms with van der Waals surface area (Å²) in [4.78, 5) is 17.0. The highest BCUT2D eigenvalue weighted by Crippen LogP contribution is 2.44. The van der Waals surface area contributed by atoms with E-state index in [9.17, 15) is 42.2 Å². The van der Waals surface area contributed by atoms with Crippen molar-refractivity contribution < 1.29 is 31.8 Å². The zero-order chi connectivity index (χ0) is 14.2. The second-order valence-corrected chi connectivity index (χ2v) is 2.92. The summed E-state index contributed by atoms with van der Waals surface area (Å²) < 4.78 is 63.2. The average molecular weight is 272 g/mol. The van der Waals surface area contributed by atoms with Crippen LogP contribution >= 0.6 is 0 Å². The molecule has 0 aliphatic heterocycles. The molecule has 0 N–H and O–H groups in total. The molecule has 1 rings (SSSR count). The molecule has 18 heavy (non-hydrogen) atoms. The van der Waals surface area contributed by atoms with Gasteiger partial charge in [-0.15, -0.1) is 0 Å². The van der Waals surface area contributed by atoms with Gasteiger partial charge in [-0.1, -0.05) is 0 Å². The van der Waals surface area contributed by atoms with Gasteiger partial charge in [0.2, 0.25) is 17.2 Å². The fourth-order valence-electron chi connectivity index (χ4n) is 1.22. The maximum Gasteiger partial charge on any atom is 0.429 e. The van der Waals surface area contributed by atoms with Crippen LogP contribution in [0, 0.1) is 31.9 Å². The van der Waals surface area contributed by atoms with Crippen molar-refractivity contribution >= 4 is 11.4 Å². The fraction of sp³-hybridized carbons (Fsp3) is 0.143. The third-order valence-electron chi connectivity index (χ3n) is 1.83. The molecule has 0 aliphatic carbocycles. The van der Waals surface area contributed by atoms with Crippen LogP contribution in [0.1, 0.15) is 5.56 Å². The van der Waals surface area contributed by atoms with Crippen LogP contribution in [0.3, 0.4) is 0 Å². The van der Waals surface area contributed by atoms with Crippen molar-refractivity contribution in [1.29, 1.82) is 0 Å². The first-order valence-electron chi connectivity index (χ1n) is 3.95. The van der Waals surface area contributed by atoms with Gasteiger partial charge in [-0.05, 0) is 0 Å². The third kappa shape index (κ3) is 2.19. The van der Waals surface area contributed by atoms with E-state index in [0.29, 0.717) is 0 Å². The minimum Gasteiger partial charge on any atom is -0.258 e. The van der Waals surface area contributed by atoms with E-state index < -0.39 is 44.6 Å². The standard InChI is InChI=1S/C7HF5N2O4/c8-2-1-3(9)6(14(17)18)4(7(10,11)12)5(2)13(15)16/h1H. The lowest BCUT2D eigenvalue weighted by Gasteiger charge is -2.08. The number of rotatable bonds is 2. The average Bonchev–Trinajstić information content (AvgIpc) is 2.13. The molecule has 0 aromatic heterocycles. The van der Waals surface area contributed by atoms with Gasteiger partial charge in [0, 0.05) is 6.07 Å². The topological polar surface area (TPSA) is 86.3 Å². The van der Waals surface area contributed by atoms with Gasteiger partial charge in [-0.25, -0.2) is 0 Å². The number of hydrogen-bond donors (Lipinski definition) is 0. The molecule has 11 heteroatoms. The zero-order valence-electron chi connectivity index (χ0n) is 7.99. The molecule has 0 heterocycles. The number of hydrogen-bond acceptors (Lipinski definition) is 4. The molecule has 0 saturated carbocycles. The summed E-state index contributed by atoms with van der Waals surface area (Å²) in [5, 5.41) is 20.6.